The Kier molecular flexibility index (Phi) is 2.42. The number of nitrogens with zero attached hydrogens (tertiary/aromatic N) is 1. The molecule has 0 saturated carbocycles. The van der Waals surface area contributed by atoms with Gasteiger partial charge in [0.05, 0.1) is 12.3 Å². The molecule has 4 nitrogen and oxygen atoms in total. The summed E-state index contributed by atoms with van der Waals surface area (Å²) >= 11 is 0. The minimum Gasteiger partial charge on any atom is -0.390 e. The van der Waals surface area contributed by atoms with E-state index < -0.39 is 6.10 Å². The summed E-state index contributed by atoms with van der Waals surface area (Å²) in [5, 5.41) is 9.09. The molecule has 5 heteroatoms. The molecular formula is C5H10BN2O2. The van der Waals surface area contributed by atoms with Gasteiger partial charge in [0.1, 0.15) is 0 Å². The lowest BCUT2D eigenvalue weighted by atomic mass is 9.96. The predicted octanol–water partition coefficient (Wildman–Crippen LogP) is -2.20. The Morgan fingerprint density at radius 3 is 2.80 bits per heavy atom. The quantitative estimate of drug-likeness (QED) is 0.338. The van der Waals surface area contributed by atoms with Crippen molar-refractivity contribution < 1.29 is 9.90 Å². The smallest absolute Gasteiger partial charge is 0.293 e. The Balaban J connectivity index is 2.33. The van der Waals surface area contributed by atoms with Gasteiger partial charge in [-0.15, -0.1) is 0 Å². The van der Waals surface area contributed by atoms with E-state index in [9.17, 15) is 4.79 Å². The summed E-state index contributed by atoms with van der Waals surface area (Å²) in [7, 11) is 1.40. The maximum atomic E-state index is 9.95. The summed E-state index contributed by atoms with van der Waals surface area (Å²) in [6.45, 7) is 1.04. The standard InChI is InChI=1S/C5H10BN2O2/c7-4-1-8(6-3-9)2-5(4)10/h3-5,10H,1-2,7H2/t4-,5-/m1/s1. The van der Waals surface area contributed by atoms with Crippen molar-refractivity contribution in [2.75, 3.05) is 13.1 Å². The molecule has 1 fully saturated rings. The van der Waals surface area contributed by atoms with Crippen LogP contribution in [0, 0.1) is 0 Å². The van der Waals surface area contributed by atoms with Gasteiger partial charge in [-0.2, -0.15) is 0 Å². The van der Waals surface area contributed by atoms with Crippen LogP contribution in [-0.2, 0) is 4.79 Å². The Hall–Kier alpha value is -0.385. The van der Waals surface area contributed by atoms with Crippen molar-refractivity contribution in [2.45, 2.75) is 12.1 Å². The molecule has 1 saturated heterocycles. The third kappa shape index (κ3) is 1.56. The van der Waals surface area contributed by atoms with Crippen LogP contribution >= 0.6 is 0 Å². The largest absolute Gasteiger partial charge is 0.390 e. The molecule has 3 N–H and O–H groups in total. The van der Waals surface area contributed by atoms with E-state index in [-0.39, 0.29) is 6.04 Å². The van der Waals surface area contributed by atoms with Gasteiger partial charge in [-0.1, -0.05) is 0 Å². The maximum absolute atomic E-state index is 9.95. The number of rotatable bonds is 2. The van der Waals surface area contributed by atoms with Crippen LogP contribution in [0.25, 0.3) is 0 Å². The monoisotopic (exact) mass is 141 g/mol. The van der Waals surface area contributed by atoms with Crippen molar-refractivity contribution in [1.82, 2.24) is 4.81 Å². The average molecular weight is 141 g/mol. The van der Waals surface area contributed by atoms with E-state index in [0.717, 1.165) is 0 Å². The summed E-state index contributed by atoms with van der Waals surface area (Å²) in [5.41, 5.74) is 5.47. The maximum Gasteiger partial charge on any atom is 0.293 e. The number of β-amino-alcohol motifs (C(OH)–C–C–N with tert-alkyl or cyclic N) is 1. The van der Waals surface area contributed by atoms with E-state index in [4.69, 9.17) is 10.8 Å². The molecule has 2 atom stereocenters. The Bertz CT molecular complexity index is 123. The van der Waals surface area contributed by atoms with Gasteiger partial charge in [-0.3, -0.25) is 0 Å². The van der Waals surface area contributed by atoms with Crippen molar-refractivity contribution in [2.24, 2.45) is 5.73 Å². The minimum atomic E-state index is -0.490. The summed E-state index contributed by atoms with van der Waals surface area (Å²) in [4.78, 5) is 11.7. The van der Waals surface area contributed by atoms with Gasteiger partial charge < -0.3 is 20.4 Å². The fraction of sp³-hybridized carbons (Fsp3) is 0.800. The van der Waals surface area contributed by atoms with E-state index in [2.05, 4.69) is 0 Å². The summed E-state index contributed by atoms with van der Waals surface area (Å²) in [6.07, 6.45) is 0.210. The first kappa shape index (κ1) is 7.72. The lowest BCUT2D eigenvalue weighted by molar-refractivity contribution is 0.174. The minimum absolute atomic E-state index is 0.212. The Labute approximate surface area is 60.3 Å². The molecule has 0 aromatic heterocycles. The Morgan fingerprint density at radius 2 is 2.40 bits per heavy atom. The molecule has 1 rings (SSSR count). The van der Waals surface area contributed by atoms with Gasteiger partial charge in [0.25, 0.3) is 7.41 Å². The zero-order valence-corrected chi connectivity index (χ0v) is 5.60. The molecule has 0 spiro atoms. The zero-order chi connectivity index (χ0) is 7.56. The van der Waals surface area contributed by atoms with Crippen molar-refractivity contribution in [3.63, 3.8) is 0 Å². The van der Waals surface area contributed by atoms with E-state index >= 15 is 0 Å². The first-order valence-corrected chi connectivity index (χ1v) is 3.20. The highest BCUT2D eigenvalue weighted by atomic mass is 16.3. The highest BCUT2D eigenvalue weighted by Crippen LogP contribution is 2.04. The van der Waals surface area contributed by atoms with E-state index in [1.807, 2.05) is 0 Å². The molecule has 0 amide bonds. The molecule has 55 valence electrons. The highest BCUT2D eigenvalue weighted by Gasteiger charge is 2.27. The second kappa shape index (κ2) is 3.14. The van der Waals surface area contributed by atoms with E-state index in [1.165, 1.54) is 7.41 Å². The molecule has 1 radical (unpaired) electrons. The van der Waals surface area contributed by atoms with Crippen LogP contribution in [0.4, 0.5) is 0 Å². The van der Waals surface area contributed by atoms with E-state index in [1.54, 1.807) is 4.81 Å². The van der Waals surface area contributed by atoms with Gasteiger partial charge in [0.15, 0.2) is 0 Å². The topological polar surface area (TPSA) is 66.6 Å². The molecule has 10 heavy (non-hydrogen) atoms. The van der Waals surface area contributed by atoms with Crippen LogP contribution in [0.3, 0.4) is 0 Å². The van der Waals surface area contributed by atoms with Crippen LogP contribution in [0.5, 0.6) is 0 Å². The third-order valence-corrected chi connectivity index (χ3v) is 1.63. The molecule has 1 aliphatic rings. The number of carbonyl (C=O) groups excluding carboxylic acids is 1. The Morgan fingerprint density at radius 1 is 1.70 bits per heavy atom. The molecule has 0 aromatic rings. The summed E-state index contributed by atoms with van der Waals surface area (Å²) in [5.74, 6) is 0. The normalized spacial score (nSPS) is 34.2. The predicted molar refractivity (Wildman–Crippen MR) is 38.1 cm³/mol. The van der Waals surface area contributed by atoms with E-state index in [0.29, 0.717) is 19.3 Å². The molecule has 0 aromatic carbocycles. The molecule has 1 heterocycles. The molecule has 0 bridgehead atoms. The average Bonchev–Trinajstić information content (AvgIpc) is 2.14. The molecule has 1 aliphatic heterocycles. The van der Waals surface area contributed by atoms with Crippen molar-refractivity contribution in [3.05, 3.63) is 0 Å². The van der Waals surface area contributed by atoms with Crippen molar-refractivity contribution in [1.29, 1.82) is 0 Å². The van der Waals surface area contributed by atoms with Gasteiger partial charge in [-0.25, -0.2) is 0 Å². The van der Waals surface area contributed by atoms with Gasteiger partial charge >= 0.3 is 0 Å². The van der Waals surface area contributed by atoms with Crippen molar-refractivity contribution >= 4 is 13.6 Å². The van der Waals surface area contributed by atoms with Gasteiger partial charge in [0.2, 0.25) is 0 Å². The third-order valence-electron chi connectivity index (χ3n) is 1.63. The van der Waals surface area contributed by atoms with Crippen molar-refractivity contribution in [3.8, 4) is 0 Å². The second-order valence-electron chi connectivity index (χ2n) is 2.47. The fourth-order valence-corrected chi connectivity index (χ4v) is 1.05. The SMILES string of the molecule is N[C@@H]1CN([B]C=O)C[C@H]1O. The number of nitrogens with two attached hydrogens (primary N) is 1. The van der Waals surface area contributed by atoms with Crippen LogP contribution < -0.4 is 5.73 Å². The lowest BCUT2D eigenvalue weighted by Crippen LogP contribution is -2.33. The molecule has 0 unspecified atom stereocenters. The second-order valence-corrected chi connectivity index (χ2v) is 2.47. The molecular weight excluding hydrogens is 131 g/mol. The summed E-state index contributed by atoms with van der Waals surface area (Å²) in [6, 6.07) is -0.212. The zero-order valence-electron chi connectivity index (χ0n) is 5.60. The van der Waals surface area contributed by atoms with Crippen LogP contribution in [0.2, 0.25) is 0 Å². The summed E-state index contributed by atoms with van der Waals surface area (Å²) < 4.78 is 0. The van der Waals surface area contributed by atoms with Gasteiger partial charge in [0, 0.05) is 19.1 Å². The first-order valence-electron chi connectivity index (χ1n) is 3.20. The number of hydrogen-bond acceptors (Lipinski definition) is 4. The lowest BCUT2D eigenvalue weighted by Gasteiger charge is -2.07. The van der Waals surface area contributed by atoms with Gasteiger partial charge in [-0.05, 0) is 0 Å². The van der Waals surface area contributed by atoms with Crippen LogP contribution in [-0.4, -0.2) is 48.8 Å². The number of hydrogen-bond donors (Lipinski definition) is 2. The first-order chi connectivity index (χ1) is 4.74. The number of aliphatic hydroxyl groups is 1. The fourth-order valence-electron chi connectivity index (χ4n) is 1.05. The highest BCUT2D eigenvalue weighted by molar-refractivity contribution is 6.64. The molecule has 0 aliphatic carbocycles. The van der Waals surface area contributed by atoms with Crippen LogP contribution in [0.15, 0.2) is 0 Å². The number of carbonyl (C=O) groups is 1. The number of aliphatic hydroxyl groups excluding tert-OH is 1. The van der Waals surface area contributed by atoms with Crippen LogP contribution in [0.1, 0.15) is 0 Å².